The summed E-state index contributed by atoms with van der Waals surface area (Å²) in [7, 11) is 0. The number of hydrogen-bond acceptors (Lipinski definition) is 5. The van der Waals surface area contributed by atoms with Crippen LogP contribution in [0.3, 0.4) is 0 Å². The van der Waals surface area contributed by atoms with Crippen LogP contribution >= 0.6 is 0 Å². The van der Waals surface area contributed by atoms with Crippen molar-refractivity contribution >= 4 is 22.9 Å². The maximum atomic E-state index is 14.6. The number of carbonyl (C=O) groups is 1. The fourth-order valence-corrected chi connectivity index (χ4v) is 4.09. The molecule has 1 amide bonds. The van der Waals surface area contributed by atoms with Gasteiger partial charge >= 0.3 is 0 Å². The number of pyridine rings is 2. The molecule has 1 unspecified atom stereocenters. The molecule has 1 aliphatic carbocycles. The van der Waals surface area contributed by atoms with Crippen molar-refractivity contribution in [1.29, 1.82) is 0 Å². The molecule has 2 aromatic heterocycles. The molecular formula is C24H26F2N4O2. The Balaban J connectivity index is 1.60. The lowest BCUT2D eigenvalue weighted by molar-refractivity contribution is 0.0969. The zero-order chi connectivity index (χ0) is 22.8. The SMILES string of the molecule is CC1CC=CC(c2nc(C(=O)Nc3cnccc3N3CC[C@H](O)[C@@H](C)C3)ccc2F)=C1F. The lowest BCUT2D eigenvalue weighted by atomic mass is 9.94. The molecule has 6 nitrogen and oxygen atoms in total. The van der Waals surface area contributed by atoms with Gasteiger partial charge in [0, 0.05) is 30.8 Å². The Morgan fingerprint density at radius 3 is 2.84 bits per heavy atom. The van der Waals surface area contributed by atoms with Gasteiger partial charge in [-0.2, -0.15) is 0 Å². The molecule has 4 rings (SSSR count). The number of amides is 1. The van der Waals surface area contributed by atoms with Gasteiger partial charge in [0.2, 0.25) is 0 Å². The number of carbonyl (C=O) groups excluding carboxylic acids is 1. The number of anilines is 2. The van der Waals surface area contributed by atoms with Gasteiger partial charge in [-0.3, -0.25) is 9.78 Å². The minimum absolute atomic E-state index is 0.0226. The van der Waals surface area contributed by atoms with Crippen molar-refractivity contribution in [2.45, 2.75) is 32.8 Å². The van der Waals surface area contributed by atoms with Gasteiger partial charge in [0.1, 0.15) is 23.0 Å². The van der Waals surface area contributed by atoms with Crippen LogP contribution in [-0.4, -0.2) is 40.2 Å². The molecule has 3 atom stereocenters. The van der Waals surface area contributed by atoms with E-state index >= 15 is 0 Å². The van der Waals surface area contributed by atoms with Crippen LogP contribution in [0.1, 0.15) is 42.9 Å². The quantitative estimate of drug-likeness (QED) is 0.739. The first kappa shape index (κ1) is 22.1. The predicted molar refractivity (Wildman–Crippen MR) is 119 cm³/mol. The van der Waals surface area contributed by atoms with Gasteiger partial charge in [0.15, 0.2) is 0 Å². The standard InChI is InChI=1S/C24H26F2N4O2/c1-14-4-3-5-16(22(14)26)23-17(25)6-7-18(28-23)24(32)29-19-12-27-10-8-20(19)30-11-9-21(31)15(2)13-30/h3,5-8,10,12,14-15,21,31H,4,9,11,13H2,1-2H3,(H,29,32)/t14?,15-,21-/m0/s1. The molecule has 0 saturated carbocycles. The van der Waals surface area contributed by atoms with Crippen molar-refractivity contribution in [1.82, 2.24) is 9.97 Å². The van der Waals surface area contributed by atoms with Gasteiger partial charge < -0.3 is 15.3 Å². The molecule has 168 valence electrons. The Kier molecular flexibility index (Phi) is 6.32. The Morgan fingerprint density at radius 2 is 2.06 bits per heavy atom. The summed E-state index contributed by atoms with van der Waals surface area (Å²) in [5.41, 5.74) is 1.14. The summed E-state index contributed by atoms with van der Waals surface area (Å²) in [4.78, 5) is 23.3. The predicted octanol–water partition coefficient (Wildman–Crippen LogP) is 4.35. The third-order valence-electron chi connectivity index (χ3n) is 6.04. The lowest BCUT2D eigenvalue weighted by Gasteiger charge is -2.36. The number of hydrogen-bond donors (Lipinski definition) is 2. The minimum Gasteiger partial charge on any atom is -0.393 e. The first-order valence-electron chi connectivity index (χ1n) is 10.8. The van der Waals surface area contributed by atoms with Gasteiger partial charge in [-0.15, -0.1) is 0 Å². The fourth-order valence-electron chi connectivity index (χ4n) is 4.09. The first-order chi connectivity index (χ1) is 15.3. The minimum atomic E-state index is -0.687. The molecule has 0 bridgehead atoms. The maximum Gasteiger partial charge on any atom is 0.274 e. The number of allylic oxidation sites excluding steroid dienone is 4. The van der Waals surface area contributed by atoms with Gasteiger partial charge in [-0.25, -0.2) is 13.8 Å². The maximum absolute atomic E-state index is 14.6. The Morgan fingerprint density at radius 1 is 1.25 bits per heavy atom. The summed E-state index contributed by atoms with van der Waals surface area (Å²) >= 11 is 0. The van der Waals surface area contributed by atoms with Crippen LogP contribution in [0, 0.1) is 17.7 Å². The van der Waals surface area contributed by atoms with Crippen LogP contribution in [-0.2, 0) is 0 Å². The van der Waals surface area contributed by atoms with E-state index in [0.29, 0.717) is 31.6 Å². The molecule has 0 aromatic carbocycles. The van der Waals surface area contributed by atoms with Gasteiger partial charge in [0.05, 0.1) is 23.7 Å². The van der Waals surface area contributed by atoms with E-state index in [0.717, 1.165) is 11.8 Å². The number of aromatic nitrogens is 2. The molecule has 8 heteroatoms. The van der Waals surface area contributed by atoms with Gasteiger partial charge in [-0.05, 0) is 37.0 Å². The van der Waals surface area contributed by atoms with E-state index in [1.54, 1.807) is 31.5 Å². The summed E-state index contributed by atoms with van der Waals surface area (Å²) in [5.74, 6) is -1.94. The molecule has 0 spiro atoms. The number of nitrogens with zero attached hydrogens (tertiary/aromatic N) is 3. The molecular weight excluding hydrogens is 414 g/mol. The van der Waals surface area contributed by atoms with E-state index in [2.05, 4.69) is 20.2 Å². The molecule has 1 saturated heterocycles. The number of piperidine rings is 1. The molecule has 2 aliphatic rings. The van der Waals surface area contributed by atoms with Crippen molar-refractivity contribution in [3.8, 4) is 0 Å². The van der Waals surface area contributed by atoms with E-state index in [1.165, 1.54) is 12.1 Å². The highest BCUT2D eigenvalue weighted by molar-refractivity contribution is 6.04. The molecule has 0 radical (unpaired) electrons. The number of aliphatic hydroxyl groups excluding tert-OH is 1. The van der Waals surface area contributed by atoms with Crippen molar-refractivity contribution in [2.75, 3.05) is 23.3 Å². The number of aliphatic hydroxyl groups is 1. The topological polar surface area (TPSA) is 78.4 Å². The highest BCUT2D eigenvalue weighted by Crippen LogP contribution is 2.33. The van der Waals surface area contributed by atoms with E-state index in [9.17, 15) is 18.7 Å². The second-order valence-electron chi connectivity index (χ2n) is 8.45. The molecule has 1 aliphatic heterocycles. The highest BCUT2D eigenvalue weighted by atomic mass is 19.1. The Hall–Kier alpha value is -3.13. The lowest BCUT2D eigenvalue weighted by Crippen LogP contribution is -2.42. The fraction of sp³-hybridized carbons (Fsp3) is 0.375. The van der Waals surface area contributed by atoms with Crippen LogP contribution in [0.25, 0.3) is 5.57 Å². The first-order valence-corrected chi connectivity index (χ1v) is 10.8. The molecule has 2 N–H and O–H groups in total. The summed E-state index contributed by atoms with van der Waals surface area (Å²) in [5, 5.41) is 12.8. The number of halogens is 2. The normalized spacial score (nSPS) is 23.4. The van der Waals surface area contributed by atoms with Crippen molar-refractivity contribution < 1.29 is 18.7 Å². The van der Waals surface area contributed by atoms with Crippen LogP contribution in [0.2, 0.25) is 0 Å². The van der Waals surface area contributed by atoms with Crippen LogP contribution in [0.5, 0.6) is 0 Å². The Labute approximate surface area is 185 Å². The van der Waals surface area contributed by atoms with Crippen molar-refractivity contribution in [3.05, 3.63) is 65.8 Å². The number of rotatable bonds is 4. The van der Waals surface area contributed by atoms with Crippen molar-refractivity contribution in [2.24, 2.45) is 11.8 Å². The van der Waals surface area contributed by atoms with Crippen LogP contribution in [0.15, 0.2) is 48.6 Å². The second-order valence-corrected chi connectivity index (χ2v) is 8.45. The average Bonchev–Trinajstić information content (AvgIpc) is 2.78. The zero-order valence-electron chi connectivity index (χ0n) is 18.1. The second kappa shape index (κ2) is 9.16. The summed E-state index contributed by atoms with van der Waals surface area (Å²) in [6, 6.07) is 4.21. The monoisotopic (exact) mass is 440 g/mol. The summed E-state index contributed by atoms with van der Waals surface area (Å²) < 4.78 is 29.0. The van der Waals surface area contributed by atoms with Gasteiger partial charge in [0.25, 0.3) is 5.91 Å². The summed E-state index contributed by atoms with van der Waals surface area (Å²) in [6.07, 6.45) is 7.28. The zero-order valence-corrected chi connectivity index (χ0v) is 18.1. The molecule has 32 heavy (non-hydrogen) atoms. The molecule has 2 aromatic rings. The van der Waals surface area contributed by atoms with E-state index in [-0.39, 0.29) is 34.9 Å². The average molecular weight is 440 g/mol. The highest BCUT2D eigenvalue weighted by Gasteiger charge is 2.26. The third kappa shape index (κ3) is 4.41. The molecule has 1 fully saturated rings. The van der Waals surface area contributed by atoms with Crippen LogP contribution in [0.4, 0.5) is 20.2 Å². The largest absolute Gasteiger partial charge is 0.393 e. The van der Waals surface area contributed by atoms with E-state index < -0.39 is 17.6 Å². The number of nitrogens with one attached hydrogen (secondary N) is 1. The van der Waals surface area contributed by atoms with E-state index in [4.69, 9.17) is 0 Å². The Bertz CT molecular complexity index is 1090. The van der Waals surface area contributed by atoms with Crippen LogP contribution < -0.4 is 10.2 Å². The molecule has 3 heterocycles. The summed E-state index contributed by atoms with van der Waals surface area (Å²) in [6.45, 7) is 4.99. The van der Waals surface area contributed by atoms with Gasteiger partial charge in [-0.1, -0.05) is 26.0 Å². The smallest absolute Gasteiger partial charge is 0.274 e. The van der Waals surface area contributed by atoms with E-state index in [1.807, 2.05) is 6.92 Å². The third-order valence-corrected chi connectivity index (χ3v) is 6.04. The van der Waals surface area contributed by atoms with Crippen molar-refractivity contribution in [3.63, 3.8) is 0 Å².